The molecule has 1 N–H and O–H groups in total. The Hall–Kier alpha value is -1.84. The molecular formula is C14H16N2O2. The Morgan fingerprint density at radius 1 is 1.39 bits per heavy atom. The zero-order valence-electron chi connectivity index (χ0n) is 10.8. The molecule has 1 aromatic heterocycles. The number of aromatic hydroxyl groups is 1. The number of nitrogens with zero attached hydrogens (tertiary/aromatic N) is 2. The largest absolute Gasteiger partial charge is 0.508 e. The minimum atomic E-state index is 0.249. The number of aryl methyl sites for hydroxylation is 1. The molecule has 2 aromatic rings. The second kappa shape index (κ2) is 3.57. The number of benzene rings is 1. The highest BCUT2D eigenvalue weighted by Crippen LogP contribution is 2.57. The van der Waals surface area contributed by atoms with Crippen molar-refractivity contribution < 1.29 is 9.63 Å². The molecule has 1 fully saturated rings. The van der Waals surface area contributed by atoms with E-state index in [-0.39, 0.29) is 11.2 Å². The normalized spacial score (nSPS) is 20.9. The Balaban J connectivity index is 1.91. The molecule has 0 bridgehead atoms. The van der Waals surface area contributed by atoms with Crippen molar-refractivity contribution in [3.63, 3.8) is 0 Å². The van der Waals surface area contributed by atoms with Crippen molar-refractivity contribution in [2.45, 2.75) is 33.1 Å². The molecule has 0 aliphatic heterocycles. The van der Waals surface area contributed by atoms with Gasteiger partial charge in [-0.1, -0.05) is 25.1 Å². The van der Waals surface area contributed by atoms with Gasteiger partial charge in [0.1, 0.15) is 5.75 Å². The average molecular weight is 244 g/mol. The lowest BCUT2D eigenvalue weighted by atomic mass is 10.1. The average Bonchev–Trinajstić information content (AvgIpc) is 2.78. The van der Waals surface area contributed by atoms with Crippen LogP contribution in [0, 0.1) is 12.3 Å². The summed E-state index contributed by atoms with van der Waals surface area (Å²) in [4.78, 5) is 4.42. The van der Waals surface area contributed by atoms with Gasteiger partial charge in [0.2, 0.25) is 0 Å². The molecule has 0 radical (unpaired) electrons. The van der Waals surface area contributed by atoms with Gasteiger partial charge >= 0.3 is 0 Å². The first-order valence-corrected chi connectivity index (χ1v) is 6.11. The summed E-state index contributed by atoms with van der Waals surface area (Å²) in [7, 11) is 0. The number of aromatic nitrogens is 2. The van der Waals surface area contributed by atoms with Crippen LogP contribution in [-0.4, -0.2) is 15.2 Å². The topological polar surface area (TPSA) is 59.2 Å². The summed E-state index contributed by atoms with van der Waals surface area (Å²) in [5, 5.41) is 13.7. The van der Waals surface area contributed by atoms with E-state index in [9.17, 15) is 5.11 Å². The number of hydrogen-bond donors (Lipinski definition) is 1. The maximum atomic E-state index is 9.68. The highest BCUT2D eigenvalue weighted by atomic mass is 16.5. The molecule has 1 heterocycles. The van der Waals surface area contributed by atoms with Gasteiger partial charge in [-0.3, -0.25) is 0 Å². The molecule has 94 valence electrons. The Morgan fingerprint density at radius 2 is 2.11 bits per heavy atom. The maximum Gasteiger partial charge on any atom is 0.258 e. The molecule has 1 aliphatic carbocycles. The highest BCUT2D eigenvalue weighted by Gasteiger charge is 2.49. The molecule has 1 atom stereocenters. The van der Waals surface area contributed by atoms with Crippen LogP contribution in [0.3, 0.4) is 0 Å². The minimum absolute atomic E-state index is 0.249. The second-order valence-corrected chi connectivity index (χ2v) is 5.70. The summed E-state index contributed by atoms with van der Waals surface area (Å²) in [5.74, 6) is 1.89. The first kappa shape index (κ1) is 11.3. The molecule has 18 heavy (non-hydrogen) atoms. The molecule has 1 unspecified atom stereocenters. The molecular weight excluding hydrogens is 228 g/mol. The van der Waals surface area contributed by atoms with Crippen LogP contribution in [0.1, 0.15) is 37.6 Å². The number of hydrogen-bond acceptors (Lipinski definition) is 4. The van der Waals surface area contributed by atoms with E-state index in [1.165, 1.54) is 0 Å². The first-order chi connectivity index (χ1) is 8.47. The van der Waals surface area contributed by atoms with E-state index >= 15 is 0 Å². The van der Waals surface area contributed by atoms with E-state index in [0.29, 0.717) is 11.8 Å². The van der Waals surface area contributed by atoms with Gasteiger partial charge in [0.05, 0.1) is 0 Å². The first-order valence-electron chi connectivity index (χ1n) is 6.11. The lowest BCUT2D eigenvalue weighted by Gasteiger charge is -1.99. The van der Waals surface area contributed by atoms with Gasteiger partial charge < -0.3 is 9.63 Å². The Bertz CT molecular complexity index is 602. The summed E-state index contributed by atoms with van der Waals surface area (Å²) in [6.07, 6.45) is 1.10. The van der Waals surface area contributed by atoms with E-state index in [0.717, 1.165) is 23.4 Å². The van der Waals surface area contributed by atoms with Gasteiger partial charge in [0.15, 0.2) is 5.82 Å². The van der Waals surface area contributed by atoms with Gasteiger partial charge in [-0.05, 0) is 36.5 Å². The van der Waals surface area contributed by atoms with Gasteiger partial charge in [0, 0.05) is 11.5 Å². The predicted molar refractivity (Wildman–Crippen MR) is 67.3 cm³/mol. The number of phenolic OH excluding ortho intramolecular Hbond substituents is 1. The van der Waals surface area contributed by atoms with E-state index in [1.807, 2.05) is 19.1 Å². The molecule has 4 nitrogen and oxygen atoms in total. The van der Waals surface area contributed by atoms with Crippen molar-refractivity contribution >= 4 is 0 Å². The fourth-order valence-corrected chi connectivity index (χ4v) is 2.14. The third kappa shape index (κ3) is 1.78. The van der Waals surface area contributed by atoms with Crippen molar-refractivity contribution in [3.8, 4) is 17.2 Å². The minimum Gasteiger partial charge on any atom is -0.508 e. The Kier molecular flexibility index (Phi) is 2.24. The smallest absolute Gasteiger partial charge is 0.258 e. The van der Waals surface area contributed by atoms with Crippen LogP contribution in [0.15, 0.2) is 22.7 Å². The summed E-state index contributed by atoms with van der Waals surface area (Å²) in [6.45, 7) is 6.25. The van der Waals surface area contributed by atoms with Crippen LogP contribution in [-0.2, 0) is 0 Å². The lowest BCUT2D eigenvalue weighted by Crippen LogP contribution is -1.91. The molecule has 0 spiro atoms. The zero-order chi connectivity index (χ0) is 12.9. The molecule has 0 saturated heterocycles. The SMILES string of the molecule is Cc1ccc(-c2nc(C3CC3(C)C)no2)cc1O. The third-order valence-corrected chi connectivity index (χ3v) is 3.72. The summed E-state index contributed by atoms with van der Waals surface area (Å²) < 4.78 is 5.27. The van der Waals surface area contributed by atoms with E-state index in [4.69, 9.17) is 4.52 Å². The van der Waals surface area contributed by atoms with E-state index < -0.39 is 0 Å². The van der Waals surface area contributed by atoms with Crippen LogP contribution in [0.5, 0.6) is 5.75 Å². The van der Waals surface area contributed by atoms with Crippen LogP contribution in [0.2, 0.25) is 0 Å². The van der Waals surface area contributed by atoms with Gasteiger partial charge in [-0.2, -0.15) is 4.98 Å². The lowest BCUT2D eigenvalue weighted by molar-refractivity contribution is 0.418. The van der Waals surface area contributed by atoms with E-state index in [2.05, 4.69) is 24.0 Å². The van der Waals surface area contributed by atoms with Crippen molar-refractivity contribution in [1.82, 2.24) is 10.1 Å². The monoisotopic (exact) mass is 244 g/mol. The zero-order valence-corrected chi connectivity index (χ0v) is 10.8. The standard InChI is InChI=1S/C14H16N2O2/c1-8-4-5-9(6-11(8)17)13-15-12(16-18-13)10-7-14(10,2)3/h4-6,10,17H,7H2,1-3H3. The fourth-order valence-electron chi connectivity index (χ4n) is 2.14. The van der Waals surface area contributed by atoms with Crippen molar-refractivity contribution in [2.75, 3.05) is 0 Å². The summed E-state index contributed by atoms with van der Waals surface area (Å²) >= 11 is 0. The Labute approximate surface area is 106 Å². The van der Waals surface area contributed by atoms with Crippen LogP contribution in [0.4, 0.5) is 0 Å². The van der Waals surface area contributed by atoms with Gasteiger partial charge in [-0.15, -0.1) is 0 Å². The second-order valence-electron chi connectivity index (χ2n) is 5.70. The summed E-state index contributed by atoms with van der Waals surface area (Å²) in [5.41, 5.74) is 1.88. The molecule has 3 rings (SSSR count). The predicted octanol–water partition coefficient (Wildman–Crippen LogP) is 3.26. The van der Waals surface area contributed by atoms with Crippen LogP contribution in [0.25, 0.3) is 11.5 Å². The van der Waals surface area contributed by atoms with Crippen LogP contribution < -0.4 is 0 Å². The maximum absolute atomic E-state index is 9.68. The molecule has 1 aromatic carbocycles. The van der Waals surface area contributed by atoms with Crippen molar-refractivity contribution in [3.05, 3.63) is 29.6 Å². The Morgan fingerprint density at radius 3 is 2.72 bits per heavy atom. The quantitative estimate of drug-likeness (QED) is 0.880. The molecule has 4 heteroatoms. The van der Waals surface area contributed by atoms with E-state index in [1.54, 1.807) is 6.07 Å². The third-order valence-electron chi connectivity index (χ3n) is 3.72. The van der Waals surface area contributed by atoms with Crippen molar-refractivity contribution in [1.29, 1.82) is 0 Å². The molecule has 1 saturated carbocycles. The number of rotatable bonds is 2. The fraction of sp³-hybridized carbons (Fsp3) is 0.429. The van der Waals surface area contributed by atoms with Crippen molar-refractivity contribution in [2.24, 2.45) is 5.41 Å². The van der Waals surface area contributed by atoms with Gasteiger partial charge in [0.25, 0.3) is 5.89 Å². The molecule has 0 amide bonds. The summed E-state index contributed by atoms with van der Waals surface area (Å²) in [6, 6.07) is 5.38. The molecule has 1 aliphatic rings. The van der Waals surface area contributed by atoms with Gasteiger partial charge in [-0.25, -0.2) is 0 Å². The number of phenols is 1. The van der Waals surface area contributed by atoms with Crippen LogP contribution >= 0.6 is 0 Å². The highest BCUT2D eigenvalue weighted by molar-refractivity contribution is 5.57.